The number of anilines is 2. The molecule has 8 nitrogen and oxygen atoms in total. The minimum absolute atomic E-state index is 0.146. The molecule has 0 amide bonds. The van der Waals surface area contributed by atoms with E-state index in [1.54, 1.807) is 6.07 Å². The van der Waals surface area contributed by atoms with Gasteiger partial charge < -0.3 is 9.80 Å². The van der Waals surface area contributed by atoms with Gasteiger partial charge in [0.05, 0.1) is 16.8 Å². The molecule has 150 valence electrons. The van der Waals surface area contributed by atoms with Crippen molar-refractivity contribution >= 4 is 22.9 Å². The first-order valence-electron chi connectivity index (χ1n) is 10.4. The van der Waals surface area contributed by atoms with Crippen molar-refractivity contribution in [3.05, 3.63) is 34.4 Å². The van der Waals surface area contributed by atoms with Crippen molar-refractivity contribution in [3.63, 3.8) is 0 Å². The number of nitrogens with zero attached hydrogens (tertiary/aromatic N) is 6. The van der Waals surface area contributed by atoms with Crippen molar-refractivity contribution in [2.24, 2.45) is 0 Å². The van der Waals surface area contributed by atoms with Gasteiger partial charge in [-0.25, -0.2) is 15.0 Å². The molecule has 2 saturated heterocycles. The summed E-state index contributed by atoms with van der Waals surface area (Å²) in [7, 11) is 0. The summed E-state index contributed by atoms with van der Waals surface area (Å²) in [6, 6.07) is 3.64. The lowest BCUT2D eigenvalue weighted by Gasteiger charge is -2.26. The highest BCUT2D eigenvalue weighted by molar-refractivity contribution is 5.78. The monoisotopic (exact) mass is 391 g/mol. The zero-order valence-electron chi connectivity index (χ0n) is 16.7. The summed E-state index contributed by atoms with van der Waals surface area (Å²) in [6.45, 7) is 5.84. The van der Waals surface area contributed by atoms with E-state index >= 15 is 0 Å². The number of fused-ring (bicyclic) bond motifs is 1. The Balaban J connectivity index is 1.52. The van der Waals surface area contributed by atoms with E-state index in [1.807, 2.05) is 19.2 Å². The summed E-state index contributed by atoms with van der Waals surface area (Å²) >= 11 is 0. The maximum Gasteiger partial charge on any atom is 0.261 e. The van der Waals surface area contributed by atoms with Crippen LogP contribution in [0.15, 0.2) is 23.1 Å². The Morgan fingerprint density at radius 3 is 2.38 bits per heavy atom. The highest BCUT2D eigenvalue weighted by Gasteiger charge is 2.18. The molecule has 2 fully saturated rings. The molecule has 5 rings (SSSR count). The molecule has 8 heteroatoms. The molecule has 5 heterocycles. The van der Waals surface area contributed by atoms with Crippen LogP contribution in [0.1, 0.15) is 37.8 Å². The number of piperidine rings is 1. The summed E-state index contributed by atoms with van der Waals surface area (Å²) in [4.78, 5) is 38.5. The summed E-state index contributed by atoms with van der Waals surface area (Å²) in [5.74, 6) is 1.40. The molecule has 0 bridgehead atoms. The van der Waals surface area contributed by atoms with E-state index in [2.05, 4.69) is 24.8 Å². The van der Waals surface area contributed by atoms with Crippen molar-refractivity contribution in [3.8, 4) is 11.3 Å². The van der Waals surface area contributed by atoms with E-state index in [1.165, 1.54) is 19.3 Å². The minimum Gasteiger partial charge on any atom is -0.342 e. The van der Waals surface area contributed by atoms with Crippen LogP contribution in [0, 0.1) is 6.92 Å². The predicted octanol–water partition coefficient (Wildman–Crippen LogP) is 2.67. The van der Waals surface area contributed by atoms with Crippen LogP contribution in [0.3, 0.4) is 0 Å². The lowest BCUT2D eigenvalue weighted by atomic mass is 10.1. The van der Waals surface area contributed by atoms with Gasteiger partial charge in [0.2, 0.25) is 11.9 Å². The lowest BCUT2D eigenvalue weighted by Crippen LogP contribution is -2.32. The number of H-pyrrole nitrogens is 1. The van der Waals surface area contributed by atoms with E-state index in [0.29, 0.717) is 17.0 Å². The van der Waals surface area contributed by atoms with Gasteiger partial charge in [0, 0.05) is 37.9 Å². The number of aryl methyl sites for hydroxylation is 1. The van der Waals surface area contributed by atoms with E-state index in [-0.39, 0.29) is 5.56 Å². The molecule has 0 atom stereocenters. The van der Waals surface area contributed by atoms with Crippen molar-refractivity contribution in [1.29, 1.82) is 0 Å². The van der Waals surface area contributed by atoms with Gasteiger partial charge in [-0.05, 0) is 51.2 Å². The van der Waals surface area contributed by atoms with Crippen LogP contribution in [0.2, 0.25) is 0 Å². The third-order valence-electron chi connectivity index (χ3n) is 5.84. The van der Waals surface area contributed by atoms with Gasteiger partial charge in [0.1, 0.15) is 0 Å². The van der Waals surface area contributed by atoms with Crippen LogP contribution in [-0.2, 0) is 0 Å². The quantitative estimate of drug-likeness (QED) is 0.734. The molecule has 0 aromatic carbocycles. The van der Waals surface area contributed by atoms with Gasteiger partial charge in [0.15, 0.2) is 5.65 Å². The number of aromatic amines is 1. The number of hydrogen-bond acceptors (Lipinski definition) is 7. The Bertz CT molecular complexity index is 1100. The minimum atomic E-state index is -0.146. The standard InChI is InChI=1S/C21H25N7O/c1-14-16(13-22-20(23-14)27-11-5-6-12-27)17-8-7-15-18(24-17)25-21(26-19(15)29)28-9-3-2-4-10-28/h7-8,13H,2-6,9-12H2,1H3,(H,24,25,26,29). The molecule has 0 spiro atoms. The van der Waals surface area contributed by atoms with Gasteiger partial charge in [-0.3, -0.25) is 9.78 Å². The van der Waals surface area contributed by atoms with Crippen molar-refractivity contribution < 1.29 is 0 Å². The van der Waals surface area contributed by atoms with Crippen LogP contribution in [0.25, 0.3) is 22.3 Å². The third-order valence-corrected chi connectivity index (χ3v) is 5.84. The van der Waals surface area contributed by atoms with E-state index < -0.39 is 0 Å². The van der Waals surface area contributed by atoms with Crippen LogP contribution >= 0.6 is 0 Å². The molecule has 1 N–H and O–H groups in total. The zero-order valence-corrected chi connectivity index (χ0v) is 16.7. The number of pyridine rings is 1. The molecule has 29 heavy (non-hydrogen) atoms. The first kappa shape index (κ1) is 18.0. The second-order valence-corrected chi connectivity index (χ2v) is 7.87. The molecule has 0 saturated carbocycles. The lowest BCUT2D eigenvalue weighted by molar-refractivity contribution is 0.568. The zero-order chi connectivity index (χ0) is 19.8. The summed E-state index contributed by atoms with van der Waals surface area (Å²) in [5, 5.41) is 0.502. The number of rotatable bonds is 3. The first-order chi connectivity index (χ1) is 14.2. The van der Waals surface area contributed by atoms with Gasteiger partial charge in [-0.2, -0.15) is 4.98 Å². The van der Waals surface area contributed by atoms with E-state index in [4.69, 9.17) is 9.97 Å². The maximum atomic E-state index is 12.6. The molecule has 0 radical (unpaired) electrons. The third kappa shape index (κ3) is 3.43. The molecule has 0 unspecified atom stereocenters. The predicted molar refractivity (Wildman–Crippen MR) is 113 cm³/mol. The second kappa shape index (κ2) is 7.42. The fourth-order valence-corrected chi connectivity index (χ4v) is 4.19. The fourth-order valence-electron chi connectivity index (χ4n) is 4.19. The first-order valence-corrected chi connectivity index (χ1v) is 10.4. The van der Waals surface area contributed by atoms with Crippen molar-refractivity contribution in [1.82, 2.24) is 24.9 Å². The maximum absolute atomic E-state index is 12.6. The molecule has 2 aliphatic rings. The average Bonchev–Trinajstić information content (AvgIpc) is 3.29. The van der Waals surface area contributed by atoms with Gasteiger partial charge >= 0.3 is 0 Å². The van der Waals surface area contributed by atoms with Gasteiger partial charge in [-0.1, -0.05) is 0 Å². The number of nitrogens with one attached hydrogen (secondary N) is 1. The highest BCUT2D eigenvalue weighted by atomic mass is 16.1. The van der Waals surface area contributed by atoms with Gasteiger partial charge in [0.25, 0.3) is 5.56 Å². The second-order valence-electron chi connectivity index (χ2n) is 7.87. The number of hydrogen-bond donors (Lipinski definition) is 1. The van der Waals surface area contributed by atoms with Crippen LogP contribution in [0.5, 0.6) is 0 Å². The Hall–Kier alpha value is -3.03. The Morgan fingerprint density at radius 2 is 1.62 bits per heavy atom. The van der Waals surface area contributed by atoms with Crippen LogP contribution in [0.4, 0.5) is 11.9 Å². The molecule has 3 aromatic heterocycles. The van der Waals surface area contributed by atoms with Crippen LogP contribution < -0.4 is 15.4 Å². The molecule has 0 aliphatic carbocycles. The highest BCUT2D eigenvalue weighted by Crippen LogP contribution is 2.24. The molecule has 2 aliphatic heterocycles. The van der Waals surface area contributed by atoms with Gasteiger partial charge in [-0.15, -0.1) is 0 Å². The average molecular weight is 391 g/mol. The SMILES string of the molecule is Cc1nc(N2CCCC2)ncc1-c1ccc2c(=O)[nH]c(N3CCCCC3)nc2n1. The topological polar surface area (TPSA) is 90.9 Å². The van der Waals surface area contributed by atoms with Crippen LogP contribution in [-0.4, -0.2) is 51.1 Å². The smallest absolute Gasteiger partial charge is 0.261 e. The number of aromatic nitrogens is 5. The summed E-state index contributed by atoms with van der Waals surface area (Å²) < 4.78 is 0. The van der Waals surface area contributed by atoms with E-state index in [0.717, 1.165) is 61.9 Å². The van der Waals surface area contributed by atoms with E-state index in [9.17, 15) is 4.79 Å². The molecular formula is C21H25N7O. The molecule has 3 aromatic rings. The largest absolute Gasteiger partial charge is 0.342 e. The Kier molecular flexibility index (Phi) is 4.61. The molecular weight excluding hydrogens is 366 g/mol. The Morgan fingerprint density at radius 1 is 0.897 bits per heavy atom. The summed E-state index contributed by atoms with van der Waals surface area (Å²) in [6.07, 6.45) is 7.68. The van der Waals surface area contributed by atoms with Crippen molar-refractivity contribution in [2.75, 3.05) is 36.0 Å². The van der Waals surface area contributed by atoms with Crippen molar-refractivity contribution in [2.45, 2.75) is 39.0 Å². The Labute approximate surface area is 169 Å². The fraction of sp³-hybridized carbons (Fsp3) is 0.476. The summed E-state index contributed by atoms with van der Waals surface area (Å²) in [5.41, 5.74) is 2.82. The normalized spacial score (nSPS) is 17.3.